The Morgan fingerprint density at radius 3 is 2.17 bits per heavy atom. The van der Waals surface area contributed by atoms with Gasteiger partial charge < -0.3 is 21.3 Å². The number of nitrogen functional groups attached to an aromatic ring is 1. The summed E-state index contributed by atoms with van der Waals surface area (Å²) in [6.07, 6.45) is 0. The molecule has 0 bridgehead atoms. The molecule has 3 rings (SSSR count). The fraction of sp³-hybridized carbons (Fsp3) is 0.261. The number of halogens is 4. The Hall–Kier alpha value is -2.79. The second kappa shape index (κ2) is 12.3. The number of carbonyl (C=O) groups is 2. The van der Waals surface area contributed by atoms with Crippen LogP contribution in [0.5, 0.6) is 0 Å². The summed E-state index contributed by atoms with van der Waals surface area (Å²) >= 11 is 0.885. The smallest absolute Gasteiger partial charge is 0.251 e. The van der Waals surface area contributed by atoms with E-state index in [1.165, 1.54) is 6.07 Å². The number of hydrogen-bond acceptors (Lipinski definition) is 7. The van der Waals surface area contributed by atoms with Crippen molar-refractivity contribution in [1.82, 2.24) is 15.2 Å². The number of likely N-dealkylation sites (N-methyl/N-ethyl adjacent to an activating group) is 1. The van der Waals surface area contributed by atoms with Crippen molar-refractivity contribution in [1.29, 1.82) is 0 Å². The van der Waals surface area contributed by atoms with E-state index in [9.17, 15) is 18.4 Å². The van der Waals surface area contributed by atoms with E-state index >= 15 is 0 Å². The van der Waals surface area contributed by atoms with Gasteiger partial charge in [-0.15, -0.1) is 24.8 Å². The maximum Gasteiger partial charge on any atom is 0.251 e. The molecule has 0 spiro atoms. The van der Waals surface area contributed by atoms with E-state index in [1.807, 2.05) is 32.8 Å². The summed E-state index contributed by atoms with van der Waals surface area (Å²) in [6.45, 7) is 4.57. The molecule has 0 saturated heterocycles. The molecular weight excluding hydrogens is 519 g/mol. The molecule has 7 nitrogen and oxygen atoms in total. The molecule has 4 N–H and O–H groups in total. The van der Waals surface area contributed by atoms with Crippen molar-refractivity contribution in [2.24, 2.45) is 0 Å². The maximum absolute atomic E-state index is 14.0. The molecule has 12 heteroatoms. The summed E-state index contributed by atoms with van der Waals surface area (Å²) in [5.74, 6) is -3.14. The third-order valence-electron chi connectivity index (χ3n) is 4.61. The highest BCUT2D eigenvalue weighted by Gasteiger charge is 2.24. The highest BCUT2D eigenvalue weighted by atomic mass is 35.5. The van der Waals surface area contributed by atoms with Gasteiger partial charge in [-0.05, 0) is 64.3 Å². The zero-order chi connectivity index (χ0) is 24.3. The standard InChI is InChI=1S/C23H25F2N5O2S.2ClH/c1-23(2,12-30(3)4)29-21(32)13-8-10-14(11-9-13)27-22-28-20(26)19(33-22)18(31)17-15(24)6-5-7-16(17)25;;/h5-11H,12,26H2,1-4H3,(H,27,28)(H,29,32);2*1H. The van der Waals surface area contributed by atoms with Gasteiger partial charge in [0.1, 0.15) is 22.3 Å². The number of nitrogens with two attached hydrogens (primary N) is 1. The number of hydrogen-bond donors (Lipinski definition) is 3. The molecule has 190 valence electrons. The van der Waals surface area contributed by atoms with Gasteiger partial charge in [-0.2, -0.15) is 0 Å². The van der Waals surface area contributed by atoms with Crippen LogP contribution in [0, 0.1) is 11.6 Å². The van der Waals surface area contributed by atoms with Gasteiger partial charge in [0.15, 0.2) is 5.13 Å². The summed E-state index contributed by atoms with van der Waals surface area (Å²) in [5, 5.41) is 6.26. The van der Waals surface area contributed by atoms with E-state index in [-0.39, 0.29) is 46.5 Å². The number of benzene rings is 2. The van der Waals surface area contributed by atoms with Crippen molar-refractivity contribution in [3.05, 3.63) is 70.1 Å². The predicted octanol–water partition coefficient (Wildman–Crippen LogP) is 4.89. The van der Waals surface area contributed by atoms with Crippen LogP contribution in [0.4, 0.5) is 25.4 Å². The van der Waals surface area contributed by atoms with Crippen LogP contribution in [0.1, 0.15) is 39.4 Å². The Morgan fingerprint density at radius 1 is 1.06 bits per heavy atom. The molecule has 1 aromatic heterocycles. The number of nitrogens with one attached hydrogen (secondary N) is 2. The first kappa shape index (κ1) is 30.2. The van der Waals surface area contributed by atoms with Crippen LogP contribution in [-0.2, 0) is 0 Å². The van der Waals surface area contributed by atoms with Crippen LogP contribution in [0.15, 0.2) is 42.5 Å². The van der Waals surface area contributed by atoms with E-state index < -0.39 is 28.5 Å². The third-order valence-corrected chi connectivity index (χ3v) is 5.60. The van der Waals surface area contributed by atoms with Crippen molar-refractivity contribution in [2.75, 3.05) is 31.7 Å². The van der Waals surface area contributed by atoms with E-state index in [4.69, 9.17) is 5.73 Å². The van der Waals surface area contributed by atoms with Gasteiger partial charge in [-0.3, -0.25) is 9.59 Å². The lowest BCUT2D eigenvalue weighted by Gasteiger charge is -2.29. The Balaban J connectivity index is 0.00000306. The third kappa shape index (κ3) is 7.60. The fourth-order valence-corrected chi connectivity index (χ4v) is 4.27. The molecule has 0 aliphatic carbocycles. The molecule has 0 fully saturated rings. The molecule has 0 unspecified atom stereocenters. The first-order chi connectivity index (χ1) is 15.5. The molecule has 1 amide bonds. The second-order valence-electron chi connectivity index (χ2n) is 8.44. The molecule has 0 atom stereocenters. The van der Waals surface area contributed by atoms with Gasteiger partial charge in [-0.25, -0.2) is 13.8 Å². The Morgan fingerprint density at radius 2 is 1.63 bits per heavy atom. The molecule has 3 aromatic rings. The minimum absolute atomic E-state index is 0. The molecule has 0 saturated carbocycles. The Bertz CT molecular complexity index is 1170. The first-order valence-electron chi connectivity index (χ1n) is 10.1. The van der Waals surface area contributed by atoms with Crippen molar-refractivity contribution < 1.29 is 18.4 Å². The molecular formula is C23H27Cl2F2N5O2S. The Labute approximate surface area is 218 Å². The monoisotopic (exact) mass is 545 g/mol. The van der Waals surface area contributed by atoms with Crippen molar-refractivity contribution >= 4 is 64.5 Å². The second-order valence-corrected chi connectivity index (χ2v) is 9.44. The maximum atomic E-state index is 14.0. The summed E-state index contributed by atoms with van der Waals surface area (Å²) in [4.78, 5) is 31.2. The van der Waals surface area contributed by atoms with E-state index in [0.717, 1.165) is 23.5 Å². The van der Waals surface area contributed by atoms with Crippen LogP contribution >= 0.6 is 36.2 Å². The van der Waals surface area contributed by atoms with E-state index in [1.54, 1.807) is 24.3 Å². The summed E-state index contributed by atoms with van der Waals surface area (Å²) < 4.78 is 27.9. The van der Waals surface area contributed by atoms with Crippen LogP contribution in [0.3, 0.4) is 0 Å². The van der Waals surface area contributed by atoms with Crippen LogP contribution in [-0.4, -0.2) is 47.8 Å². The van der Waals surface area contributed by atoms with Gasteiger partial charge >= 0.3 is 0 Å². The Kier molecular flexibility index (Phi) is 10.6. The van der Waals surface area contributed by atoms with Crippen LogP contribution < -0.4 is 16.4 Å². The van der Waals surface area contributed by atoms with Crippen molar-refractivity contribution in [2.45, 2.75) is 19.4 Å². The number of amides is 1. The molecule has 0 radical (unpaired) electrons. The van der Waals surface area contributed by atoms with Gasteiger partial charge in [0.2, 0.25) is 5.78 Å². The lowest BCUT2D eigenvalue weighted by Crippen LogP contribution is -2.49. The topological polar surface area (TPSA) is 100 Å². The average molecular weight is 546 g/mol. The van der Waals surface area contributed by atoms with Gasteiger partial charge in [0.25, 0.3) is 5.91 Å². The number of anilines is 3. The highest BCUT2D eigenvalue weighted by molar-refractivity contribution is 7.18. The number of thiazole rings is 1. The number of ketones is 1. The number of rotatable bonds is 8. The SMILES string of the molecule is CN(C)CC(C)(C)NC(=O)c1ccc(Nc2nc(N)c(C(=O)c3c(F)cccc3F)s2)cc1.Cl.Cl. The zero-order valence-corrected chi connectivity index (χ0v) is 22.0. The largest absolute Gasteiger partial charge is 0.382 e. The highest BCUT2D eigenvalue weighted by Crippen LogP contribution is 2.31. The fourth-order valence-electron chi connectivity index (χ4n) is 3.41. The molecule has 0 aliphatic rings. The van der Waals surface area contributed by atoms with Gasteiger partial charge in [0, 0.05) is 23.3 Å². The van der Waals surface area contributed by atoms with Gasteiger partial charge in [0.05, 0.1) is 5.56 Å². The normalized spacial score (nSPS) is 10.8. The van der Waals surface area contributed by atoms with E-state index in [0.29, 0.717) is 17.8 Å². The molecule has 0 aliphatic heterocycles. The summed E-state index contributed by atoms with van der Waals surface area (Å²) in [5.41, 5.74) is 5.83. The average Bonchev–Trinajstić information content (AvgIpc) is 3.06. The van der Waals surface area contributed by atoms with Crippen molar-refractivity contribution in [3.8, 4) is 0 Å². The lowest BCUT2D eigenvalue weighted by molar-refractivity contribution is 0.0899. The number of carbonyl (C=O) groups excluding carboxylic acids is 2. The quantitative estimate of drug-likeness (QED) is 0.348. The first-order valence-corrected chi connectivity index (χ1v) is 10.9. The lowest BCUT2D eigenvalue weighted by atomic mass is 10.0. The van der Waals surface area contributed by atoms with Crippen molar-refractivity contribution in [3.63, 3.8) is 0 Å². The molecule has 2 aromatic carbocycles. The molecule has 1 heterocycles. The summed E-state index contributed by atoms with van der Waals surface area (Å²) in [7, 11) is 3.87. The number of nitrogens with zero attached hydrogens (tertiary/aromatic N) is 2. The number of aromatic nitrogens is 1. The van der Waals surface area contributed by atoms with E-state index in [2.05, 4.69) is 15.6 Å². The zero-order valence-electron chi connectivity index (χ0n) is 19.5. The predicted molar refractivity (Wildman–Crippen MR) is 141 cm³/mol. The van der Waals surface area contributed by atoms with Gasteiger partial charge in [-0.1, -0.05) is 17.4 Å². The minimum atomic E-state index is -0.968. The minimum Gasteiger partial charge on any atom is -0.382 e. The van der Waals surface area contributed by atoms with Crippen LogP contribution in [0.25, 0.3) is 0 Å². The summed E-state index contributed by atoms with van der Waals surface area (Å²) in [6, 6.07) is 9.87. The molecule has 35 heavy (non-hydrogen) atoms. The van der Waals surface area contributed by atoms with Crippen LogP contribution in [0.2, 0.25) is 0 Å².